The van der Waals surface area contributed by atoms with Crippen molar-refractivity contribution in [3.63, 3.8) is 0 Å². The van der Waals surface area contributed by atoms with Gasteiger partial charge in [0.25, 0.3) is 0 Å². The van der Waals surface area contributed by atoms with Gasteiger partial charge in [-0.1, -0.05) is 30.3 Å². The molecular weight excluding hydrogens is 310 g/mol. The lowest BCUT2D eigenvalue weighted by Gasteiger charge is -2.17. The topological polar surface area (TPSA) is 78.1 Å². The van der Waals surface area contributed by atoms with Gasteiger partial charge in [0.05, 0.1) is 6.04 Å². The van der Waals surface area contributed by atoms with Crippen molar-refractivity contribution in [3.8, 4) is 0 Å². The first-order valence-corrected chi connectivity index (χ1v) is 8.15. The maximum atomic E-state index is 12.7. The Kier molecular flexibility index (Phi) is 3.76. The molecule has 0 radical (unpaired) electrons. The van der Waals surface area contributed by atoms with Crippen LogP contribution < -0.4 is 21.7 Å². The number of nitrogens with zero attached hydrogens (tertiary/aromatic N) is 1. The zero-order valence-corrected chi connectivity index (χ0v) is 12.9. The number of benzene rings is 1. The lowest BCUT2D eigenvalue weighted by Crippen LogP contribution is -2.41. The van der Waals surface area contributed by atoms with Gasteiger partial charge in [0.1, 0.15) is 11.9 Å². The second-order valence-corrected chi connectivity index (χ2v) is 6.21. The maximum absolute atomic E-state index is 12.7. The number of amides is 1. The second kappa shape index (κ2) is 6.05. The van der Waals surface area contributed by atoms with E-state index in [-0.39, 0.29) is 11.9 Å². The highest BCUT2D eigenvalue weighted by molar-refractivity contribution is 7.17. The number of thiophene rings is 1. The van der Waals surface area contributed by atoms with Gasteiger partial charge in [0.2, 0.25) is 5.91 Å². The van der Waals surface area contributed by atoms with E-state index in [0.29, 0.717) is 5.82 Å². The highest BCUT2D eigenvalue weighted by Crippen LogP contribution is 2.26. The number of hydrogen-bond acceptors (Lipinski definition) is 6. The van der Waals surface area contributed by atoms with Gasteiger partial charge in [0, 0.05) is 16.3 Å². The smallest absolute Gasteiger partial charge is 0.246 e. The summed E-state index contributed by atoms with van der Waals surface area (Å²) >= 11 is 1.63. The van der Waals surface area contributed by atoms with Gasteiger partial charge >= 0.3 is 0 Å². The summed E-state index contributed by atoms with van der Waals surface area (Å²) in [5.74, 6) is 0.455. The molecule has 4 rings (SSSR count). The molecule has 1 aliphatic heterocycles. The summed E-state index contributed by atoms with van der Waals surface area (Å²) in [4.78, 5) is 17.0. The normalized spacial score (nSPS) is 20.7. The quantitative estimate of drug-likeness (QED) is 0.592. The van der Waals surface area contributed by atoms with Crippen LogP contribution in [0.1, 0.15) is 11.6 Å². The molecule has 23 heavy (non-hydrogen) atoms. The van der Waals surface area contributed by atoms with Crippen LogP contribution in [0.15, 0.2) is 54.0 Å². The van der Waals surface area contributed by atoms with E-state index in [1.807, 2.05) is 47.8 Å². The highest BCUT2D eigenvalue weighted by atomic mass is 32.1. The number of rotatable bonds is 3. The first-order chi connectivity index (χ1) is 11.3. The van der Waals surface area contributed by atoms with E-state index in [4.69, 9.17) is 0 Å². The van der Waals surface area contributed by atoms with Crippen LogP contribution in [-0.2, 0) is 4.79 Å². The average Bonchev–Trinajstić information content (AvgIpc) is 3.25. The Morgan fingerprint density at radius 1 is 1.13 bits per heavy atom. The van der Waals surface area contributed by atoms with Gasteiger partial charge in [-0.25, -0.2) is 15.8 Å². The number of hydrogen-bond donors (Lipinski definition) is 4. The van der Waals surface area contributed by atoms with Gasteiger partial charge in [-0.05, 0) is 23.1 Å². The van der Waals surface area contributed by atoms with E-state index in [1.165, 1.54) is 0 Å². The SMILES string of the molecule is O=C(Nc1nccc2sccc12)C1NNNC1c1ccccc1. The molecule has 2 unspecified atom stereocenters. The number of nitrogens with one attached hydrogen (secondary N) is 4. The van der Waals surface area contributed by atoms with Crippen molar-refractivity contribution in [2.24, 2.45) is 0 Å². The van der Waals surface area contributed by atoms with Crippen LogP contribution in [0.3, 0.4) is 0 Å². The fraction of sp³-hybridized carbons (Fsp3) is 0.125. The summed E-state index contributed by atoms with van der Waals surface area (Å²) in [6.07, 6.45) is 1.71. The number of carbonyl (C=O) groups is 1. The number of anilines is 1. The van der Waals surface area contributed by atoms with Crippen molar-refractivity contribution >= 4 is 33.1 Å². The van der Waals surface area contributed by atoms with Gasteiger partial charge in [-0.15, -0.1) is 11.3 Å². The molecule has 2 aromatic heterocycles. The predicted molar refractivity (Wildman–Crippen MR) is 90.6 cm³/mol. The van der Waals surface area contributed by atoms with E-state index in [9.17, 15) is 4.79 Å². The largest absolute Gasteiger partial charge is 0.309 e. The maximum Gasteiger partial charge on any atom is 0.246 e. The minimum absolute atomic E-state index is 0.137. The Morgan fingerprint density at radius 3 is 2.87 bits per heavy atom. The fourth-order valence-electron chi connectivity index (χ4n) is 2.71. The van der Waals surface area contributed by atoms with E-state index in [1.54, 1.807) is 17.5 Å². The van der Waals surface area contributed by atoms with Gasteiger partial charge in [0.15, 0.2) is 0 Å². The third kappa shape index (κ3) is 2.71. The monoisotopic (exact) mass is 325 g/mol. The highest BCUT2D eigenvalue weighted by Gasteiger charge is 2.34. The Labute approximate surface area is 136 Å². The molecular formula is C16H15N5OS. The van der Waals surface area contributed by atoms with Gasteiger partial charge in [-0.2, -0.15) is 5.53 Å². The standard InChI is InChI=1S/C16H15N5OS/c22-16(18-15-11-7-9-23-12(11)6-8-17-15)14-13(19-21-20-14)10-4-2-1-3-5-10/h1-9,13-14,19-21H,(H,17,18,22). The third-order valence-electron chi connectivity index (χ3n) is 3.85. The van der Waals surface area contributed by atoms with Gasteiger partial charge in [-0.3, -0.25) is 4.79 Å². The fourth-order valence-corrected chi connectivity index (χ4v) is 3.49. The van der Waals surface area contributed by atoms with Crippen LogP contribution in [-0.4, -0.2) is 16.9 Å². The average molecular weight is 325 g/mol. The van der Waals surface area contributed by atoms with Crippen molar-refractivity contribution in [1.29, 1.82) is 0 Å². The molecule has 0 saturated carbocycles. The van der Waals surface area contributed by atoms with Gasteiger partial charge < -0.3 is 5.32 Å². The van der Waals surface area contributed by atoms with Crippen molar-refractivity contribution in [2.45, 2.75) is 12.1 Å². The third-order valence-corrected chi connectivity index (χ3v) is 4.73. The molecule has 1 amide bonds. The summed E-state index contributed by atoms with van der Waals surface area (Å²) in [6.45, 7) is 0. The molecule has 7 heteroatoms. The minimum Gasteiger partial charge on any atom is -0.309 e. The molecule has 3 heterocycles. The van der Waals surface area contributed by atoms with Crippen LogP contribution in [0.2, 0.25) is 0 Å². The molecule has 1 aliphatic rings. The van der Waals surface area contributed by atoms with E-state index >= 15 is 0 Å². The zero-order chi connectivity index (χ0) is 15.6. The molecule has 1 saturated heterocycles. The molecule has 116 valence electrons. The molecule has 2 atom stereocenters. The molecule has 3 aromatic rings. The van der Waals surface area contributed by atoms with Crippen molar-refractivity contribution in [3.05, 3.63) is 59.6 Å². The van der Waals surface area contributed by atoms with E-state index in [2.05, 4.69) is 26.7 Å². The molecule has 6 nitrogen and oxygen atoms in total. The van der Waals surface area contributed by atoms with Crippen LogP contribution in [0.5, 0.6) is 0 Å². The van der Waals surface area contributed by atoms with E-state index in [0.717, 1.165) is 15.6 Å². The Bertz CT molecular complexity index is 835. The lowest BCUT2D eigenvalue weighted by molar-refractivity contribution is -0.118. The van der Waals surface area contributed by atoms with Crippen molar-refractivity contribution in [2.75, 3.05) is 5.32 Å². The Hall–Kier alpha value is -2.32. The van der Waals surface area contributed by atoms with E-state index < -0.39 is 6.04 Å². The number of aromatic nitrogens is 1. The van der Waals surface area contributed by atoms with Crippen LogP contribution in [0, 0.1) is 0 Å². The number of carbonyl (C=O) groups excluding carboxylic acids is 1. The van der Waals surface area contributed by atoms with Crippen LogP contribution in [0.25, 0.3) is 10.1 Å². The second-order valence-electron chi connectivity index (χ2n) is 5.26. The predicted octanol–water partition coefficient (Wildman–Crippen LogP) is 1.96. The summed E-state index contributed by atoms with van der Waals surface area (Å²) < 4.78 is 1.10. The summed E-state index contributed by atoms with van der Waals surface area (Å²) in [5.41, 5.74) is 9.92. The summed E-state index contributed by atoms with van der Waals surface area (Å²) in [7, 11) is 0. The molecule has 1 aromatic carbocycles. The first kappa shape index (κ1) is 14.3. The van der Waals surface area contributed by atoms with Crippen molar-refractivity contribution < 1.29 is 4.79 Å². The summed E-state index contributed by atoms with van der Waals surface area (Å²) in [6, 6.07) is 13.2. The van der Waals surface area contributed by atoms with Crippen LogP contribution in [0.4, 0.5) is 5.82 Å². The number of pyridine rings is 1. The molecule has 0 aliphatic carbocycles. The minimum atomic E-state index is -0.437. The summed E-state index contributed by atoms with van der Waals surface area (Å²) in [5, 5.41) is 5.88. The number of hydrazine groups is 2. The molecule has 0 bridgehead atoms. The van der Waals surface area contributed by atoms with Crippen molar-refractivity contribution in [1.82, 2.24) is 21.4 Å². The molecule has 0 spiro atoms. The first-order valence-electron chi connectivity index (χ1n) is 7.27. The van der Waals surface area contributed by atoms with Crippen LogP contribution >= 0.6 is 11.3 Å². The molecule has 1 fully saturated rings. The Balaban J connectivity index is 1.58. The number of fused-ring (bicyclic) bond motifs is 1. The zero-order valence-electron chi connectivity index (χ0n) is 12.1. The Morgan fingerprint density at radius 2 is 2.00 bits per heavy atom. The lowest BCUT2D eigenvalue weighted by atomic mass is 10.0. The molecule has 4 N–H and O–H groups in total.